The van der Waals surface area contributed by atoms with Gasteiger partial charge in [0.15, 0.2) is 0 Å². The molecule has 1 aliphatic carbocycles. The average molecular weight is 365 g/mol. The lowest BCUT2D eigenvalue weighted by Gasteiger charge is -2.16. The van der Waals surface area contributed by atoms with Crippen molar-refractivity contribution in [1.82, 2.24) is 15.1 Å². The number of anilines is 1. The SMILES string of the molecule is CNC(C(=O)Nc1ccc(OC2CCCC2)cc1)c1cnn(C)c1.Cl. The van der Waals surface area contributed by atoms with E-state index in [9.17, 15) is 4.79 Å². The van der Waals surface area contributed by atoms with Crippen molar-refractivity contribution in [3.05, 3.63) is 42.2 Å². The first kappa shape index (κ1) is 19.3. The van der Waals surface area contributed by atoms with Gasteiger partial charge in [-0.15, -0.1) is 12.4 Å². The molecule has 6 nitrogen and oxygen atoms in total. The summed E-state index contributed by atoms with van der Waals surface area (Å²) in [5.74, 6) is 0.743. The Balaban J connectivity index is 0.00000225. The number of aromatic nitrogens is 2. The Morgan fingerprint density at radius 3 is 2.52 bits per heavy atom. The minimum Gasteiger partial charge on any atom is -0.490 e. The first-order chi connectivity index (χ1) is 11.7. The van der Waals surface area contributed by atoms with Gasteiger partial charge in [-0.2, -0.15) is 5.10 Å². The molecular formula is C18H25ClN4O2. The van der Waals surface area contributed by atoms with E-state index in [0.29, 0.717) is 6.10 Å². The number of hydrogen-bond donors (Lipinski definition) is 2. The first-order valence-electron chi connectivity index (χ1n) is 8.39. The largest absolute Gasteiger partial charge is 0.490 e. The van der Waals surface area contributed by atoms with Crippen LogP contribution in [0.3, 0.4) is 0 Å². The van der Waals surface area contributed by atoms with Gasteiger partial charge in [0, 0.05) is 24.5 Å². The number of nitrogens with one attached hydrogen (secondary N) is 2. The van der Waals surface area contributed by atoms with E-state index < -0.39 is 6.04 Å². The molecule has 1 heterocycles. The number of likely N-dealkylation sites (N-methyl/N-ethyl adjacent to an activating group) is 1. The molecule has 1 fully saturated rings. The van der Waals surface area contributed by atoms with Crippen LogP contribution in [0.4, 0.5) is 5.69 Å². The number of amides is 1. The van der Waals surface area contributed by atoms with Gasteiger partial charge in [-0.05, 0) is 57.0 Å². The third-order valence-corrected chi connectivity index (χ3v) is 4.34. The summed E-state index contributed by atoms with van der Waals surface area (Å²) < 4.78 is 7.62. The van der Waals surface area contributed by atoms with Crippen LogP contribution in [0.1, 0.15) is 37.3 Å². The van der Waals surface area contributed by atoms with Crippen molar-refractivity contribution in [3.63, 3.8) is 0 Å². The van der Waals surface area contributed by atoms with Crippen LogP contribution < -0.4 is 15.4 Å². The van der Waals surface area contributed by atoms with Crippen LogP contribution in [0.15, 0.2) is 36.7 Å². The van der Waals surface area contributed by atoms with Gasteiger partial charge < -0.3 is 15.4 Å². The zero-order valence-corrected chi connectivity index (χ0v) is 15.4. The number of ether oxygens (including phenoxy) is 1. The van der Waals surface area contributed by atoms with Crippen molar-refractivity contribution < 1.29 is 9.53 Å². The third-order valence-electron chi connectivity index (χ3n) is 4.34. The molecule has 0 saturated heterocycles. The molecule has 0 spiro atoms. The quantitative estimate of drug-likeness (QED) is 0.826. The van der Waals surface area contributed by atoms with E-state index in [2.05, 4.69) is 15.7 Å². The molecule has 1 unspecified atom stereocenters. The van der Waals surface area contributed by atoms with E-state index in [-0.39, 0.29) is 18.3 Å². The van der Waals surface area contributed by atoms with Crippen molar-refractivity contribution >= 4 is 24.0 Å². The molecule has 1 aromatic heterocycles. The molecule has 0 aliphatic heterocycles. The summed E-state index contributed by atoms with van der Waals surface area (Å²) in [4.78, 5) is 12.5. The van der Waals surface area contributed by atoms with Crippen LogP contribution in [0, 0.1) is 0 Å². The molecule has 136 valence electrons. The fourth-order valence-corrected chi connectivity index (χ4v) is 3.07. The van der Waals surface area contributed by atoms with Gasteiger partial charge in [-0.3, -0.25) is 9.48 Å². The minimum absolute atomic E-state index is 0. The number of carbonyl (C=O) groups excluding carboxylic acids is 1. The number of benzene rings is 1. The summed E-state index contributed by atoms with van der Waals surface area (Å²) in [5, 5.41) is 10.1. The standard InChI is InChI=1S/C18H24N4O2.ClH/c1-19-17(13-11-20-22(2)12-13)18(23)21-14-7-9-16(10-8-14)24-15-5-3-4-6-15;/h7-12,15,17,19H,3-6H2,1-2H3,(H,21,23);1H. The van der Waals surface area contributed by atoms with Crippen LogP contribution in [-0.4, -0.2) is 28.8 Å². The van der Waals surface area contributed by atoms with Crippen molar-refractivity contribution in [3.8, 4) is 5.75 Å². The second-order valence-electron chi connectivity index (χ2n) is 6.21. The summed E-state index contributed by atoms with van der Waals surface area (Å²) in [6, 6.07) is 7.13. The molecule has 1 saturated carbocycles. The second kappa shape index (κ2) is 8.87. The van der Waals surface area contributed by atoms with Gasteiger partial charge in [0.1, 0.15) is 11.8 Å². The second-order valence-corrected chi connectivity index (χ2v) is 6.21. The van der Waals surface area contributed by atoms with Crippen LogP contribution in [0.5, 0.6) is 5.75 Å². The third kappa shape index (κ3) is 4.96. The zero-order chi connectivity index (χ0) is 16.9. The lowest BCUT2D eigenvalue weighted by molar-refractivity contribution is -0.118. The molecule has 0 radical (unpaired) electrons. The number of halogens is 1. The molecule has 0 bridgehead atoms. The monoisotopic (exact) mass is 364 g/mol. The first-order valence-corrected chi connectivity index (χ1v) is 8.39. The summed E-state index contributed by atoms with van der Waals surface area (Å²) in [7, 11) is 3.59. The number of rotatable bonds is 6. The molecule has 3 rings (SSSR count). The highest BCUT2D eigenvalue weighted by molar-refractivity contribution is 5.95. The molecule has 1 atom stereocenters. The van der Waals surface area contributed by atoms with E-state index in [1.807, 2.05) is 37.5 Å². The highest BCUT2D eigenvalue weighted by Crippen LogP contribution is 2.25. The fourth-order valence-electron chi connectivity index (χ4n) is 3.07. The Labute approximate surface area is 154 Å². The van der Waals surface area contributed by atoms with Crippen LogP contribution >= 0.6 is 12.4 Å². The summed E-state index contributed by atoms with van der Waals surface area (Å²) >= 11 is 0. The fraction of sp³-hybridized carbons (Fsp3) is 0.444. The summed E-state index contributed by atoms with van der Waals surface area (Å²) in [5.41, 5.74) is 1.58. The van der Waals surface area contributed by atoms with Crippen molar-refractivity contribution in [2.24, 2.45) is 7.05 Å². The number of nitrogens with zero attached hydrogens (tertiary/aromatic N) is 2. The Morgan fingerprint density at radius 1 is 1.28 bits per heavy atom. The van der Waals surface area contributed by atoms with E-state index in [1.54, 1.807) is 17.9 Å². The molecule has 7 heteroatoms. The Morgan fingerprint density at radius 2 is 1.96 bits per heavy atom. The van der Waals surface area contributed by atoms with Gasteiger partial charge in [-0.25, -0.2) is 0 Å². The molecule has 2 aromatic rings. The molecule has 2 N–H and O–H groups in total. The lowest BCUT2D eigenvalue weighted by Crippen LogP contribution is -2.30. The predicted molar refractivity (Wildman–Crippen MR) is 100 cm³/mol. The topological polar surface area (TPSA) is 68.2 Å². The molecular weight excluding hydrogens is 340 g/mol. The van der Waals surface area contributed by atoms with Crippen molar-refractivity contribution in [2.75, 3.05) is 12.4 Å². The van der Waals surface area contributed by atoms with Crippen LogP contribution in [0.25, 0.3) is 0 Å². The smallest absolute Gasteiger partial charge is 0.246 e. The molecule has 1 aromatic carbocycles. The number of carbonyl (C=O) groups is 1. The maximum absolute atomic E-state index is 12.5. The Bertz CT molecular complexity index is 681. The van der Waals surface area contributed by atoms with Crippen molar-refractivity contribution in [2.45, 2.75) is 37.8 Å². The van der Waals surface area contributed by atoms with E-state index in [0.717, 1.165) is 29.8 Å². The Hall–Kier alpha value is -2.05. The maximum atomic E-state index is 12.5. The minimum atomic E-state index is -0.437. The highest BCUT2D eigenvalue weighted by Gasteiger charge is 2.20. The summed E-state index contributed by atoms with van der Waals surface area (Å²) in [6.07, 6.45) is 8.63. The maximum Gasteiger partial charge on any atom is 0.246 e. The Kier molecular flexibility index (Phi) is 6.84. The summed E-state index contributed by atoms with van der Waals surface area (Å²) in [6.45, 7) is 0. The van der Waals surface area contributed by atoms with E-state index in [1.165, 1.54) is 12.8 Å². The predicted octanol–water partition coefficient (Wildman–Crippen LogP) is 3.06. The van der Waals surface area contributed by atoms with Gasteiger partial charge in [-0.1, -0.05) is 0 Å². The lowest BCUT2D eigenvalue weighted by atomic mass is 10.1. The van der Waals surface area contributed by atoms with Gasteiger partial charge in [0.05, 0.1) is 12.3 Å². The number of hydrogen-bond acceptors (Lipinski definition) is 4. The van der Waals surface area contributed by atoms with Crippen LogP contribution in [0.2, 0.25) is 0 Å². The molecule has 25 heavy (non-hydrogen) atoms. The van der Waals surface area contributed by atoms with Crippen molar-refractivity contribution in [1.29, 1.82) is 0 Å². The number of aryl methyl sites for hydroxylation is 1. The average Bonchev–Trinajstić information content (AvgIpc) is 3.22. The van der Waals surface area contributed by atoms with Gasteiger partial charge in [0.2, 0.25) is 5.91 Å². The van der Waals surface area contributed by atoms with Gasteiger partial charge in [0.25, 0.3) is 0 Å². The zero-order valence-electron chi connectivity index (χ0n) is 14.6. The molecule has 1 amide bonds. The van der Waals surface area contributed by atoms with E-state index in [4.69, 9.17) is 4.74 Å². The highest BCUT2D eigenvalue weighted by atomic mass is 35.5. The molecule has 1 aliphatic rings. The van der Waals surface area contributed by atoms with Crippen LogP contribution in [-0.2, 0) is 11.8 Å². The normalized spacial score (nSPS) is 15.4. The van der Waals surface area contributed by atoms with Gasteiger partial charge >= 0.3 is 0 Å². The van der Waals surface area contributed by atoms with E-state index >= 15 is 0 Å².